The number of hydrogen-bond acceptors (Lipinski definition) is 6. The molecule has 2 aromatic carbocycles. The number of methoxy groups -OCH3 is 1. The SMILES string of the molecule is COc1ccc2c(c1)c([C@H](C(=O)O)N1CCN(S(=O)(=O)c3ccccc3)CC1)cn2CC(=O)O. The van der Waals surface area contributed by atoms with Crippen LogP contribution >= 0.6 is 0 Å². The van der Waals surface area contributed by atoms with Crippen molar-refractivity contribution >= 4 is 32.9 Å². The Morgan fingerprint density at radius 2 is 1.71 bits per heavy atom. The normalized spacial score (nSPS) is 16.4. The van der Waals surface area contributed by atoms with E-state index in [2.05, 4.69) is 0 Å². The van der Waals surface area contributed by atoms with Gasteiger partial charge in [-0.1, -0.05) is 18.2 Å². The fourth-order valence-corrected chi connectivity index (χ4v) is 5.80. The highest BCUT2D eigenvalue weighted by Crippen LogP contribution is 2.34. The molecular formula is C23H25N3O7S. The van der Waals surface area contributed by atoms with E-state index in [1.807, 2.05) is 0 Å². The van der Waals surface area contributed by atoms with Gasteiger partial charge in [-0.25, -0.2) is 8.42 Å². The number of aromatic nitrogens is 1. The predicted molar refractivity (Wildman–Crippen MR) is 123 cm³/mol. The third kappa shape index (κ3) is 4.49. The number of hydrogen-bond donors (Lipinski definition) is 2. The fraction of sp³-hybridized carbons (Fsp3) is 0.304. The summed E-state index contributed by atoms with van der Waals surface area (Å²) in [5, 5.41) is 20.0. The topological polar surface area (TPSA) is 129 Å². The number of nitrogens with zero attached hydrogens (tertiary/aromatic N) is 3. The van der Waals surface area contributed by atoms with Crippen LogP contribution in [-0.2, 0) is 26.2 Å². The van der Waals surface area contributed by atoms with Gasteiger partial charge in [-0.05, 0) is 30.3 Å². The van der Waals surface area contributed by atoms with Gasteiger partial charge in [0.2, 0.25) is 10.0 Å². The maximum Gasteiger partial charge on any atom is 0.325 e. The average Bonchev–Trinajstić information content (AvgIpc) is 3.16. The summed E-state index contributed by atoms with van der Waals surface area (Å²) in [5.41, 5.74) is 1.01. The van der Waals surface area contributed by atoms with Crippen molar-refractivity contribution in [2.24, 2.45) is 0 Å². The standard InChI is InChI=1S/C23H25N3O7S/c1-33-16-7-8-20-18(13-16)19(14-25(20)15-21(27)28)22(23(29)30)24-9-11-26(12-10-24)34(31,32)17-5-3-2-4-6-17/h2-8,13-14,22H,9-12,15H2,1H3,(H,27,28)(H,29,30)/t22-/m1/s1. The molecule has 1 fully saturated rings. The number of sulfonamides is 1. The molecule has 0 unspecified atom stereocenters. The van der Waals surface area contributed by atoms with Crippen LogP contribution < -0.4 is 4.74 Å². The van der Waals surface area contributed by atoms with Gasteiger partial charge in [-0.3, -0.25) is 14.5 Å². The molecule has 10 nitrogen and oxygen atoms in total. The molecule has 0 amide bonds. The molecule has 11 heteroatoms. The summed E-state index contributed by atoms with van der Waals surface area (Å²) in [4.78, 5) is 25.7. The molecule has 1 aromatic heterocycles. The van der Waals surface area contributed by atoms with Crippen LogP contribution in [0.1, 0.15) is 11.6 Å². The number of ether oxygens (including phenoxy) is 1. The summed E-state index contributed by atoms with van der Waals surface area (Å²) < 4.78 is 34.0. The van der Waals surface area contributed by atoms with Gasteiger partial charge in [0.25, 0.3) is 0 Å². The third-order valence-electron chi connectivity index (χ3n) is 5.97. The molecule has 1 aliphatic heterocycles. The summed E-state index contributed by atoms with van der Waals surface area (Å²) in [7, 11) is -2.18. The Morgan fingerprint density at radius 1 is 1.03 bits per heavy atom. The monoisotopic (exact) mass is 487 g/mol. The first-order chi connectivity index (χ1) is 16.2. The Morgan fingerprint density at radius 3 is 2.29 bits per heavy atom. The van der Waals surface area contributed by atoms with Gasteiger partial charge in [0.05, 0.1) is 12.0 Å². The Labute approximate surface area is 196 Å². The summed E-state index contributed by atoms with van der Waals surface area (Å²) in [6, 6.07) is 12.1. The fourth-order valence-electron chi connectivity index (χ4n) is 4.35. The lowest BCUT2D eigenvalue weighted by Gasteiger charge is -2.37. The van der Waals surface area contributed by atoms with E-state index in [0.717, 1.165) is 0 Å². The molecule has 2 heterocycles. The first-order valence-corrected chi connectivity index (χ1v) is 12.1. The van der Waals surface area contributed by atoms with Crippen molar-refractivity contribution in [1.29, 1.82) is 0 Å². The number of fused-ring (bicyclic) bond motifs is 1. The quantitative estimate of drug-likeness (QED) is 0.493. The summed E-state index contributed by atoms with van der Waals surface area (Å²) in [6.45, 7) is 0.367. The highest BCUT2D eigenvalue weighted by atomic mass is 32.2. The second-order valence-corrected chi connectivity index (χ2v) is 9.92. The zero-order valence-electron chi connectivity index (χ0n) is 18.5. The van der Waals surface area contributed by atoms with Crippen LogP contribution in [-0.4, -0.2) is 77.6 Å². The summed E-state index contributed by atoms with van der Waals surface area (Å²) >= 11 is 0. The first-order valence-electron chi connectivity index (χ1n) is 10.6. The van der Waals surface area contributed by atoms with Gasteiger partial charge in [-0.2, -0.15) is 4.31 Å². The lowest BCUT2D eigenvalue weighted by Crippen LogP contribution is -2.50. The Hall–Kier alpha value is -3.41. The Kier molecular flexibility index (Phi) is 6.60. The maximum atomic E-state index is 12.9. The van der Waals surface area contributed by atoms with Crippen molar-refractivity contribution < 1.29 is 33.0 Å². The zero-order chi connectivity index (χ0) is 24.5. The van der Waals surface area contributed by atoms with Gasteiger partial charge in [0, 0.05) is 48.8 Å². The highest BCUT2D eigenvalue weighted by Gasteiger charge is 2.36. The molecule has 0 bridgehead atoms. The molecular weight excluding hydrogens is 462 g/mol. The van der Waals surface area contributed by atoms with Gasteiger partial charge in [-0.15, -0.1) is 0 Å². The summed E-state index contributed by atoms with van der Waals surface area (Å²) in [6.07, 6.45) is 1.55. The van der Waals surface area contributed by atoms with Crippen LogP contribution in [0.4, 0.5) is 0 Å². The van der Waals surface area contributed by atoms with Crippen molar-refractivity contribution in [3.8, 4) is 5.75 Å². The van der Waals surface area contributed by atoms with Crippen LogP contribution in [0.5, 0.6) is 5.75 Å². The van der Waals surface area contributed by atoms with Crippen LogP contribution in [0.15, 0.2) is 59.6 Å². The number of piperazine rings is 1. The smallest absolute Gasteiger partial charge is 0.325 e. The molecule has 0 saturated carbocycles. The van der Waals surface area contributed by atoms with Gasteiger partial charge in [0.1, 0.15) is 18.3 Å². The van der Waals surface area contributed by atoms with Crippen molar-refractivity contribution in [3.05, 3.63) is 60.3 Å². The van der Waals surface area contributed by atoms with Crippen molar-refractivity contribution in [3.63, 3.8) is 0 Å². The second kappa shape index (κ2) is 9.45. The van der Waals surface area contributed by atoms with Crippen molar-refractivity contribution in [1.82, 2.24) is 13.8 Å². The molecule has 1 saturated heterocycles. The minimum Gasteiger partial charge on any atom is -0.497 e. The number of rotatable bonds is 8. The molecule has 4 rings (SSSR count). The van der Waals surface area contributed by atoms with Crippen molar-refractivity contribution in [2.45, 2.75) is 17.5 Å². The molecule has 1 atom stereocenters. The number of carboxylic acid groups (broad SMARTS) is 2. The minimum atomic E-state index is -3.68. The van der Waals surface area contributed by atoms with E-state index in [0.29, 0.717) is 22.2 Å². The zero-order valence-corrected chi connectivity index (χ0v) is 19.3. The number of aliphatic carboxylic acids is 2. The van der Waals surface area contributed by atoms with E-state index in [4.69, 9.17) is 4.74 Å². The molecule has 0 radical (unpaired) electrons. The lowest BCUT2D eigenvalue weighted by molar-refractivity contribution is -0.144. The average molecular weight is 488 g/mol. The van der Waals surface area contributed by atoms with E-state index in [-0.39, 0.29) is 37.6 Å². The van der Waals surface area contributed by atoms with E-state index >= 15 is 0 Å². The summed E-state index contributed by atoms with van der Waals surface area (Å²) in [5.74, 6) is -1.63. The predicted octanol–water partition coefficient (Wildman–Crippen LogP) is 1.87. The first kappa shape index (κ1) is 23.7. The van der Waals surface area contributed by atoms with Crippen LogP contribution in [0.25, 0.3) is 10.9 Å². The van der Waals surface area contributed by atoms with Crippen LogP contribution in [0, 0.1) is 0 Å². The van der Waals surface area contributed by atoms with Gasteiger partial charge < -0.3 is 19.5 Å². The molecule has 1 aliphatic rings. The highest BCUT2D eigenvalue weighted by molar-refractivity contribution is 7.89. The molecule has 180 valence electrons. The molecule has 3 aromatic rings. The van der Waals surface area contributed by atoms with Crippen LogP contribution in [0.3, 0.4) is 0 Å². The molecule has 0 aliphatic carbocycles. The maximum absolute atomic E-state index is 12.9. The van der Waals surface area contributed by atoms with E-state index in [9.17, 15) is 28.2 Å². The van der Waals surface area contributed by atoms with Crippen LogP contribution in [0.2, 0.25) is 0 Å². The second-order valence-electron chi connectivity index (χ2n) is 7.98. The van der Waals surface area contributed by atoms with Gasteiger partial charge >= 0.3 is 11.9 Å². The molecule has 2 N–H and O–H groups in total. The molecule has 34 heavy (non-hydrogen) atoms. The number of carbonyl (C=O) groups is 2. The van der Waals surface area contributed by atoms with Gasteiger partial charge in [0.15, 0.2) is 0 Å². The Bertz CT molecular complexity index is 1310. The van der Waals surface area contributed by atoms with E-state index < -0.39 is 28.0 Å². The van der Waals surface area contributed by atoms with Crippen molar-refractivity contribution in [2.75, 3.05) is 33.3 Å². The molecule has 0 spiro atoms. The number of carboxylic acids is 2. The van der Waals surface area contributed by atoms with E-state index in [1.165, 1.54) is 28.1 Å². The largest absolute Gasteiger partial charge is 0.497 e. The number of benzene rings is 2. The lowest BCUT2D eigenvalue weighted by atomic mass is 10.0. The Balaban J connectivity index is 1.65. The third-order valence-corrected chi connectivity index (χ3v) is 7.89. The minimum absolute atomic E-state index is 0.137. The van der Waals surface area contributed by atoms with E-state index in [1.54, 1.807) is 47.5 Å².